The lowest BCUT2D eigenvalue weighted by Crippen LogP contribution is -2.55. The van der Waals surface area contributed by atoms with Gasteiger partial charge in [0, 0.05) is 5.56 Å². The number of pyridine rings is 1. The third-order valence-corrected chi connectivity index (χ3v) is 5.20. The maximum Gasteiger partial charge on any atom is 0.237 e. The lowest BCUT2D eigenvalue weighted by Gasteiger charge is -2.46. The molecule has 0 spiro atoms. The van der Waals surface area contributed by atoms with Crippen LogP contribution in [0.15, 0.2) is 36.5 Å². The van der Waals surface area contributed by atoms with Crippen LogP contribution in [0.5, 0.6) is 0 Å². The molecule has 0 radical (unpaired) electrons. The smallest absolute Gasteiger partial charge is 0.237 e. The Kier molecular flexibility index (Phi) is 4.38. The number of rotatable bonds is 5. The number of aromatic nitrogens is 1. The summed E-state index contributed by atoms with van der Waals surface area (Å²) in [6.07, 6.45) is 2.50. The first-order chi connectivity index (χ1) is 13.3. The molecule has 1 aliphatic heterocycles. The summed E-state index contributed by atoms with van der Waals surface area (Å²) in [4.78, 5) is 29.9. The molecule has 2 aliphatic rings. The molecule has 0 bridgehead atoms. The summed E-state index contributed by atoms with van der Waals surface area (Å²) >= 11 is 0. The van der Waals surface area contributed by atoms with E-state index in [1.54, 1.807) is 6.92 Å². The summed E-state index contributed by atoms with van der Waals surface area (Å²) in [7, 11) is 0. The Bertz CT molecular complexity index is 946. The molecule has 0 saturated heterocycles. The monoisotopic (exact) mass is 387 g/mol. The van der Waals surface area contributed by atoms with Gasteiger partial charge in [0.25, 0.3) is 0 Å². The van der Waals surface area contributed by atoms with E-state index >= 15 is 0 Å². The fourth-order valence-corrected chi connectivity index (χ4v) is 3.76. The standard InChI is InChI=1S/C20H19F2N3O3/c1-11-19(27)25(10-17(23)26)18-16(8-14(22)9-24-18)20(11,28-15-6-7-15)12-2-4-13(21)5-3-12/h2-5,8-9,11,15H,6-7,10H2,1H3,(H2,23,26)/t11?,20-/m0/s1. The molecule has 28 heavy (non-hydrogen) atoms. The molecular weight excluding hydrogens is 368 g/mol. The largest absolute Gasteiger partial charge is 0.368 e. The number of fused-ring (bicyclic) bond motifs is 1. The number of hydrogen-bond acceptors (Lipinski definition) is 4. The van der Waals surface area contributed by atoms with Crippen molar-refractivity contribution in [2.45, 2.75) is 31.5 Å². The van der Waals surface area contributed by atoms with E-state index in [0.717, 1.165) is 23.9 Å². The van der Waals surface area contributed by atoms with Gasteiger partial charge in [-0.25, -0.2) is 13.8 Å². The van der Waals surface area contributed by atoms with Crippen molar-refractivity contribution >= 4 is 17.6 Å². The highest BCUT2D eigenvalue weighted by atomic mass is 19.1. The van der Waals surface area contributed by atoms with E-state index in [4.69, 9.17) is 10.5 Å². The second-order valence-electron chi connectivity index (χ2n) is 7.20. The maximum atomic E-state index is 14.2. The zero-order valence-electron chi connectivity index (χ0n) is 15.2. The second kappa shape index (κ2) is 6.63. The van der Waals surface area contributed by atoms with Gasteiger partial charge in [-0.2, -0.15) is 0 Å². The molecule has 1 unspecified atom stereocenters. The third kappa shape index (κ3) is 2.93. The molecule has 2 amide bonds. The predicted octanol–water partition coefficient (Wildman–Crippen LogP) is 2.25. The number of primary amides is 1. The maximum absolute atomic E-state index is 14.2. The van der Waals surface area contributed by atoms with Crippen molar-refractivity contribution in [2.75, 3.05) is 11.4 Å². The molecule has 2 heterocycles. The number of nitrogens with two attached hydrogens (primary N) is 1. The van der Waals surface area contributed by atoms with Crippen LogP contribution in [0.1, 0.15) is 30.9 Å². The van der Waals surface area contributed by atoms with Crippen LogP contribution in [0, 0.1) is 17.6 Å². The van der Waals surface area contributed by atoms with Crippen molar-refractivity contribution in [1.29, 1.82) is 0 Å². The highest BCUT2D eigenvalue weighted by molar-refractivity contribution is 6.02. The van der Waals surface area contributed by atoms with Crippen molar-refractivity contribution in [3.05, 3.63) is 59.3 Å². The first kappa shape index (κ1) is 18.5. The summed E-state index contributed by atoms with van der Waals surface area (Å²) in [6.45, 7) is 1.27. The average Bonchev–Trinajstić information content (AvgIpc) is 3.47. The van der Waals surface area contributed by atoms with Crippen LogP contribution in [0.25, 0.3) is 0 Å². The van der Waals surface area contributed by atoms with E-state index in [9.17, 15) is 18.4 Å². The van der Waals surface area contributed by atoms with Gasteiger partial charge in [-0.15, -0.1) is 0 Å². The van der Waals surface area contributed by atoms with Crippen LogP contribution < -0.4 is 10.6 Å². The lowest BCUT2D eigenvalue weighted by molar-refractivity contribution is -0.138. The van der Waals surface area contributed by atoms with Crippen LogP contribution in [0.3, 0.4) is 0 Å². The number of carbonyl (C=O) groups is 2. The molecular formula is C20H19F2N3O3. The minimum absolute atomic E-state index is 0.0980. The average molecular weight is 387 g/mol. The second-order valence-corrected chi connectivity index (χ2v) is 7.20. The van der Waals surface area contributed by atoms with E-state index in [-0.39, 0.29) is 18.5 Å². The van der Waals surface area contributed by atoms with Gasteiger partial charge in [0.05, 0.1) is 18.2 Å². The third-order valence-electron chi connectivity index (χ3n) is 5.20. The Morgan fingerprint density at radius 3 is 2.57 bits per heavy atom. The number of benzene rings is 1. The quantitative estimate of drug-likeness (QED) is 0.853. The van der Waals surface area contributed by atoms with Crippen LogP contribution in [0.4, 0.5) is 14.6 Å². The van der Waals surface area contributed by atoms with Gasteiger partial charge >= 0.3 is 0 Å². The molecule has 1 fully saturated rings. The van der Waals surface area contributed by atoms with E-state index in [2.05, 4.69) is 4.98 Å². The van der Waals surface area contributed by atoms with Gasteiger partial charge in [0.15, 0.2) is 0 Å². The fraction of sp³-hybridized carbons (Fsp3) is 0.350. The van der Waals surface area contributed by atoms with E-state index < -0.39 is 35.0 Å². The van der Waals surface area contributed by atoms with Crippen LogP contribution >= 0.6 is 0 Å². The van der Waals surface area contributed by atoms with Gasteiger partial charge in [0.2, 0.25) is 11.8 Å². The predicted molar refractivity (Wildman–Crippen MR) is 96.2 cm³/mol. The number of hydrogen-bond donors (Lipinski definition) is 1. The normalized spacial score (nSPS) is 24.2. The minimum atomic E-state index is -1.34. The molecule has 8 heteroatoms. The van der Waals surface area contributed by atoms with Crippen molar-refractivity contribution in [3.63, 3.8) is 0 Å². The molecule has 1 saturated carbocycles. The molecule has 2 aromatic rings. The molecule has 6 nitrogen and oxygen atoms in total. The highest BCUT2D eigenvalue weighted by Gasteiger charge is 2.54. The Balaban J connectivity index is 1.98. The number of halogens is 2. The topological polar surface area (TPSA) is 85.5 Å². The Labute approximate surface area is 160 Å². The van der Waals surface area contributed by atoms with E-state index in [1.165, 1.54) is 30.3 Å². The van der Waals surface area contributed by atoms with Crippen LogP contribution in [-0.4, -0.2) is 29.4 Å². The van der Waals surface area contributed by atoms with Gasteiger partial charge in [0.1, 0.15) is 29.6 Å². The molecule has 2 atom stereocenters. The summed E-state index contributed by atoms with van der Waals surface area (Å²) in [5, 5.41) is 0. The highest BCUT2D eigenvalue weighted by Crippen LogP contribution is 2.51. The van der Waals surface area contributed by atoms with Crippen molar-refractivity contribution in [3.8, 4) is 0 Å². The number of amides is 2. The summed E-state index contributed by atoms with van der Waals surface area (Å²) in [5.41, 5.74) is 4.79. The van der Waals surface area contributed by atoms with E-state index in [1.807, 2.05) is 0 Å². The fourth-order valence-electron chi connectivity index (χ4n) is 3.76. The number of ether oxygens (including phenoxy) is 1. The summed E-state index contributed by atoms with van der Waals surface area (Å²) in [6, 6.07) is 6.85. The zero-order valence-corrected chi connectivity index (χ0v) is 15.2. The van der Waals surface area contributed by atoms with Crippen molar-refractivity contribution < 1.29 is 23.1 Å². The SMILES string of the molecule is CC1C(=O)N(CC(N)=O)c2ncc(F)cc2[C@@]1(OC1CC1)c1ccc(F)cc1. The molecule has 4 rings (SSSR count). The molecule has 1 aromatic heterocycles. The Hall–Kier alpha value is -2.87. The summed E-state index contributed by atoms with van der Waals surface area (Å²) < 4.78 is 34.1. The molecule has 2 N–H and O–H groups in total. The van der Waals surface area contributed by atoms with Crippen molar-refractivity contribution in [1.82, 2.24) is 4.98 Å². The van der Waals surface area contributed by atoms with Gasteiger partial charge in [-0.05, 0) is 36.6 Å². The van der Waals surface area contributed by atoms with E-state index in [0.29, 0.717) is 11.1 Å². The van der Waals surface area contributed by atoms with Crippen LogP contribution in [0.2, 0.25) is 0 Å². The molecule has 146 valence electrons. The number of carbonyl (C=O) groups excluding carboxylic acids is 2. The number of anilines is 1. The Morgan fingerprint density at radius 1 is 1.29 bits per heavy atom. The van der Waals surface area contributed by atoms with Gasteiger partial charge < -0.3 is 10.5 Å². The van der Waals surface area contributed by atoms with Gasteiger partial charge in [-0.3, -0.25) is 14.5 Å². The summed E-state index contributed by atoms with van der Waals surface area (Å²) in [5.74, 6) is -2.87. The minimum Gasteiger partial charge on any atom is -0.368 e. The Morgan fingerprint density at radius 2 is 1.96 bits per heavy atom. The van der Waals surface area contributed by atoms with Crippen LogP contribution in [-0.2, 0) is 19.9 Å². The molecule has 1 aromatic carbocycles. The number of nitrogens with zero attached hydrogens (tertiary/aromatic N) is 2. The van der Waals surface area contributed by atoms with Crippen molar-refractivity contribution in [2.24, 2.45) is 11.7 Å². The molecule has 1 aliphatic carbocycles. The van der Waals surface area contributed by atoms with Gasteiger partial charge in [-0.1, -0.05) is 19.1 Å². The first-order valence-electron chi connectivity index (χ1n) is 9.02. The first-order valence-corrected chi connectivity index (χ1v) is 9.02. The lowest BCUT2D eigenvalue weighted by atomic mass is 9.73. The zero-order chi connectivity index (χ0) is 20.1.